The van der Waals surface area contributed by atoms with Crippen molar-refractivity contribution >= 4 is 53.1 Å². The molecule has 1 aliphatic rings. The predicted octanol–water partition coefficient (Wildman–Crippen LogP) is 2.50. The topological polar surface area (TPSA) is 87.5 Å². The Morgan fingerprint density at radius 3 is 2.88 bits per heavy atom. The number of hydrogen-bond donors (Lipinski definition) is 2. The fourth-order valence-electron chi connectivity index (χ4n) is 2.70. The van der Waals surface area contributed by atoms with Crippen LogP contribution in [0.5, 0.6) is 0 Å². The van der Waals surface area contributed by atoms with E-state index in [1.54, 1.807) is 13.0 Å². The van der Waals surface area contributed by atoms with Crippen molar-refractivity contribution < 1.29 is 14.0 Å². The second-order valence-corrected chi connectivity index (χ2v) is 6.66. The number of rotatable bonds is 4. The molecule has 7 nitrogen and oxygen atoms in total. The first-order chi connectivity index (χ1) is 11.5. The lowest BCUT2D eigenvalue weighted by molar-refractivity contribution is -0.133. The van der Waals surface area contributed by atoms with Crippen molar-refractivity contribution in [3.8, 4) is 0 Å². The van der Waals surface area contributed by atoms with Gasteiger partial charge in [-0.1, -0.05) is 0 Å². The van der Waals surface area contributed by atoms with Crippen LogP contribution in [0.2, 0.25) is 0 Å². The Morgan fingerprint density at radius 1 is 1.46 bits per heavy atom. The number of carbonyl (C=O) groups is 2. The van der Waals surface area contributed by atoms with E-state index in [2.05, 4.69) is 15.6 Å². The van der Waals surface area contributed by atoms with E-state index in [1.807, 2.05) is 17.2 Å². The van der Waals surface area contributed by atoms with E-state index in [9.17, 15) is 9.59 Å². The first kappa shape index (κ1) is 22.4. The van der Waals surface area contributed by atoms with Crippen LogP contribution in [0.15, 0.2) is 22.1 Å². The number of carbonyl (C=O) groups excluding carboxylic acids is 2. The van der Waals surface area contributed by atoms with Crippen molar-refractivity contribution in [2.24, 2.45) is 0 Å². The monoisotopic (exact) mass is 420 g/mol. The number of nitrogens with zero attached hydrogens (tertiary/aromatic N) is 2. The van der Waals surface area contributed by atoms with Crippen molar-refractivity contribution in [2.45, 2.75) is 26.3 Å². The standard InChI is InChI=1S/C16H20N4O3S.2ClH/c1-10-8-17-4-5-20(10)14(21)7-12-9-24-16(18-12)19-15(22)13-3-6-23-11(13)2;;/h3,6,9-10,17H,4-5,7-8H2,1-2H3,(H,18,19,22);2*1H/t10-;;/m1../s1. The van der Waals surface area contributed by atoms with Gasteiger partial charge in [0, 0.05) is 31.1 Å². The van der Waals surface area contributed by atoms with Crippen LogP contribution < -0.4 is 10.6 Å². The van der Waals surface area contributed by atoms with Crippen LogP contribution in [-0.2, 0) is 11.2 Å². The molecular formula is C16H22Cl2N4O3S. The molecular weight excluding hydrogens is 399 g/mol. The third-order valence-corrected chi connectivity index (χ3v) is 4.84. The first-order valence-corrected chi connectivity index (χ1v) is 8.72. The van der Waals surface area contributed by atoms with E-state index in [-0.39, 0.29) is 49.1 Å². The number of piperazine rings is 1. The fraction of sp³-hybridized carbons (Fsp3) is 0.438. The molecule has 0 aliphatic carbocycles. The molecule has 0 spiro atoms. The molecule has 26 heavy (non-hydrogen) atoms. The molecule has 2 aromatic heterocycles. The summed E-state index contributed by atoms with van der Waals surface area (Å²) in [5.74, 6) is 0.370. The van der Waals surface area contributed by atoms with Crippen LogP contribution in [0.3, 0.4) is 0 Å². The van der Waals surface area contributed by atoms with Crippen LogP contribution in [0.25, 0.3) is 0 Å². The van der Waals surface area contributed by atoms with Gasteiger partial charge in [0.15, 0.2) is 5.13 Å². The SMILES string of the molecule is Cc1occc1C(=O)Nc1nc(CC(=O)N2CCNC[C@H]2C)cs1.Cl.Cl. The minimum Gasteiger partial charge on any atom is -0.469 e. The molecule has 0 aromatic carbocycles. The third kappa shape index (κ3) is 5.20. The summed E-state index contributed by atoms with van der Waals surface area (Å²) in [6, 6.07) is 1.81. The van der Waals surface area contributed by atoms with Crippen LogP contribution in [0, 0.1) is 6.92 Å². The van der Waals surface area contributed by atoms with E-state index in [4.69, 9.17) is 4.42 Å². The molecule has 2 aromatic rings. The molecule has 0 saturated carbocycles. The Bertz CT molecular complexity index is 749. The summed E-state index contributed by atoms with van der Waals surface area (Å²) in [5, 5.41) is 8.30. The first-order valence-electron chi connectivity index (χ1n) is 7.84. The van der Waals surface area contributed by atoms with E-state index < -0.39 is 0 Å². The van der Waals surface area contributed by atoms with Crippen LogP contribution in [0.1, 0.15) is 28.7 Å². The van der Waals surface area contributed by atoms with E-state index in [1.165, 1.54) is 17.6 Å². The van der Waals surface area contributed by atoms with Gasteiger partial charge in [-0.25, -0.2) is 4.98 Å². The lowest BCUT2D eigenvalue weighted by Crippen LogP contribution is -2.52. The number of aryl methyl sites for hydroxylation is 1. The van der Waals surface area contributed by atoms with Crippen molar-refractivity contribution in [2.75, 3.05) is 25.0 Å². The highest BCUT2D eigenvalue weighted by Gasteiger charge is 2.23. The molecule has 0 radical (unpaired) electrons. The molecule has 1 aliphatic heterocycles. The van der Waals surface area contributed by atoms with Gasteiger partial charge in [0.1, 0.15) is 5.76 Å². The van der Waals surface area contributed by atoms with Gasteiger partial charge in [0.2, 0.25) is 5.91 Å². The Kier molecular flexibility index (Phi) is 8.55. The zero-order valence-electron chi connectivity index (χ0n) is 14.5. The molecule has 3 heterocycles. The third-order valence-electron chi connectivity index (χ3n) is 4.03. The average molecular weight is 421 g/mol. The Hall–Kier alpha value is -1.61. The van der Waals surface area contributed by atoms with Gasteiger partial charge >= 0.3 is 0 Å². The number of aromatic nitrogens is 1. The molecule has 144 valence electrons. The summed E-state index contributed by atoms with van der Waals surface area (Å²) in [7, 11) is 0. The largest absolute Gasteiger partial charge is 0.469 e. The summed E-state index contributed by atoms with van der Waals surface area (Å²) in [6.45, 7) is 6.11. The zero-order valence-corrected chi connectivity index (χ0v) is 16.9. The molecule has 2 amide bonds. The average Bonchev–Trinajstić information content (AvgIpc) is 3.16. The maximum Gasteiger partial charge on any atom is 0.260 e. The van der Waals surface area contributed by atoms with Crippen LogP contribution >= 0.6 is 36.2 Å². The smallest absolute Gasteiger partial charge is 0.260 e. The number of halogens is 2. The zero-order chi connectivity index (χ0) is 17.1. The minimum absolute atomic E-state index is 0. The number of amides is 2. The lowest BCUT2D eigenvalue weighted by Gasteiger charge is -2.33. The van der Waals surface area contributed by atoms with Crippen molar-refractivity contribution in [1.29, 1.82) is 0 Å². The van der Waals surface area contributed by atoms with Gasteiger partial charge in [-0.3, -0.25) is 14.9 Å². The molecule has 1 saturated heterocycles. The summed E-state index contributed by atoms with van der Waals surface area (Å²) in [5.41, 5.74) is 1.16. The number of anilines is 1. The molecule has 3 rings (SSSR count). The number of hydrogen-bond acceptors (Lipinski definition) is 6. The second kappa shape index (κ2) is 9.91. The van der Waals surface area contributed by atoms with Gasteiger partial charge in [-0.15, -0.1) is 36.2 Å². The van der Waals surface area contributed by atoms with E-state index in [0.717, 1.165) is 13.1 Å². The molecule has 0 unspecified atom stereocenters. The van der Waals surface area contributed by atoms with Crippen LogP contribution in [-0.4, -0.2) is 47.4 Å². The van der Waals surface area contributed by atoms with Crippen molar-refractivity contribution in [3.05, 3.63) is 34.7 Å². The van der Waals surface area contributed by atoms with Gasteiger partial charge < -0.3 is 14.6 Å². The fourth-order valence-corrected chi connectivity index (χ4v) is 3.40. The normalized spacial score (nSPS) is 16.4. The number of nitrogens with one attached hydrogen (secondary N) is 2. The maximum atomic E-state index is 12.4. The predicted molar refractivity (Wildman–Crippen MR) is 106 cm³/mol. The van der Waals surface area contributed by atoms with Gasteiger partial charge in [0.25, 0.3) is 5.91 Å². The molecule has 10 heteroatoms. The summed E-state index contributed by atoms with van der Waals surface area (Å²) in [6.07, 6.45) is 1.73. The molecule has 2 N–H and O–H groups in total. The molecule has 1 atom stereocenters. The summed E-state index contributed by atoms with van der Waals surface area (Å²) >= 11 is 1.31. The van der Waals surface area contributed by atoms with Crippen LogP contribution in [0.4, 0.5) is 5.13 Å². The number of thiazole rings is 1. The highest BCUT2D eigenvalue weighted by Crippen LogP contribution is 2.19. The second-order valence-electron chi connectivity index (χ2n) is 5.81. The van der Waals surface area contributed by atoms with E-state index >= 15 is 0 Å². The highest BCUT2D eigenvalue weighted by atomic mass is 35.5. The van der Waals surface area contributed by atoms with E-state index in [0.29, 0.717) is 28.7 Å². The van der Waals surface area contributed by atoms with Crippen molar-refractivity contribution in [3.63, 3.8) is 0 Å². The quantitative estimate of drug-likeness (QED) is 0.792. The Balaban J connectivity index is 0.00000169. The molecule has 0 bridgehead atoms. The van der Waals surface area contributed by atoms with Gasteiger partial charge in [0.05, 0.1) is 23.9 Å². The number of furan rings is 1. The van der Waals surface area contributed by atoms with Gasteiger partial charge in [-0.05, 0) is 19.9 Å². The summed E-state index contributed by atoms with van der Waals surface area (Å²) in [4.78, 5) is 30.8. The summed E-state index contributed by atoms with van der Waals surface area (Å²) < 4.78 is 5.13. The van der Waals surface area contributed by atoms with Crippen molar-refractivity contribution in [1.82, 2.24) is 15.2 Å². The Morgan fingerprint density at radius 2 is 2.23 bits per heavy atom. The molecule has 1 fully saturated rings. The Labute approximate surface area is 168 Å². The highest BCUT2D eigenvalue weighted by molar-refractivity contribution is 7.14. The minimum atomic E-state index is -0.260. The lowest BCUT2D eigenvalue weighted by atomic mass is 10.2. The van der Waals surface area contributed by atoms with Gasteiger partial charge in [-0.2, -0.15) is 0 Å². The maximum absolute atomic E-state index is 12.4.